The van der Waals surface area contributed by atoms with Crippen LogP contribution < -0.4 is 10.1 Å². The molecule has 1 aliphatic heterocycles. The number of ether oxygens (including phenoxy) is 1. The normalized spacial score (nSPS) is 16.2. The van der Waals surface area contributed by atoms with Crippen molar-refractivity contribution in [1.82, 2.24) is 5.32 Å². The molecule has 0 saturated heterocycles. The fourth-order valence-electron chi connectivity index (χ4n) is 1.73. The van der Waals surface area contributed by atoms with Crippen LogP contribution in [-0.2, 0) is 0 Å². The molecule has 5 heteroatoms. The number of hydrogen-bond acceptors (Lipinski definition) is 4. The number of nitrogens with one attached hydrogen (secondary N) is 1. The summed E-state index contributed by atoms with van der Waals surface area (Å²) in [5, 5.41) is 11.7. The first kappa shape index (κ1) is 13.5. The third-order valence-corrected chi connectivity index (χ3v) is 3.20. The van der Waals surface area contributed by atoms with E-state index in [0.717, 1.165) is 17.0 Å². The van der Waals surface area contributed by atoms with Gasteiger partial charge in [0.2, 0.25) is 0 Å². The van der Waals surface area contributed by atoms with Crippen molar-refractivity contribution >= 4 is 28.7 Å². The van der Waals surface area contributed by atoms with Crippen molar-refractivity contribution in [2.24, 2.45) is 4.99 Å². The summed E-state index contributed by atoms with van der Waals surface area (Å²) in [5.41, 5.74) is 1.52. The zero-order valence-corrected chi connectivity index (χ0v) is 11.9. The van der Waals surface area contributed by atoms with Gasteiger partial charge >= 0.3 is 0 Å². The molecule has 0 amide bonds. The van der Waals surface area contributed by atoms with Crippen LogP contribution in [0.1, 0.15) is 19.4 Å². The van der Waals surface area contributed by atoms with Gasteiger partial charge in [0, 0.05) is 5.56 Å². The molecule has 98 valence electrons. The molecule has 0 spiro atoms. The summed E-state index contributed by atoms with van der Waals surface area (Å²) < 4.78 is 5.84. The van der Waals surface area contributed by atoms with Gasteiger partial charge in [-0.05, 0) is 44.4 Å². The molecular formula is C14H15N3OS. The van der Waals surface area contributed by atoms with E-state index in [-0.39, 0.29) is 5.60 Å². The van der Waals surface area contributed by atoms with Gasteiger partial charge in [0.1, 0.15) is 11.4 Å². The Labute approximate surface area is 117 Å². The van der Waals surface area contributed by atoms with E-state index in [9.17, 15) is 0 Å². The number of aliphatic imine (C=N–C) groups is 1. The van der Waals surface area contributed by atoms with Crippen molar-refractivity contribution in [3.05, 3.63) is 29.8 Å². The van der Waals surface area contributed by atoms with E-state index in [1.54, 1.807) is 0 Å². The molecule has 1 heterocycles. The molecule has 19 heavy (non-hydrogen) atoms. The molecule has 0 radical (unpaired) electrons. The fourth-order valence-corrected chi connectivity index (χ4v) is 2.07. The van der Waals surface area contributed by atoms with E-state index >= 15 is 0 Å². The highest BCUT2D eigenvalue weighted by atomic mass is 32.2. The minimum absolute atomic E-state index is 0.273. The smallest absolute Gasteiger partial charge is 0.183 e. The summed E-state index contributed by atoms with van der Waals surface area (Å²) in [6, 6.07) is 5.73. The number of nitriles is 1. The number of thioether (sulfide) groups is 1. The summed E-state index contributed by atoms with van der Waals surface area (Å²) in [5.74, 6) is 0.852. The first-order valence-electron chi connectivity index (χ1n) is 5.84. The highest BCUT2D eigenvalue weighted by Crippen LogP contribution is 2.33. The molecule has 1 aromatic carbocycles. The third-order valence-electron chi connectivity index (χ3n) is 2.62. The van der Waals surface area contributed by atoms with Crippen LogP contribution in [0.25, 0.3) is 6.08 Å². The Hall–Kier alpha value is -1.93. The summed E-state index contributed by atoms with van der Waals surface area (Å²) >= 11 is 1.39. The first-order valence-corrected chi connectivity index (χ1v) is 7.06. The van der Waals surface area contributed by atoms with Crippen LogP contribution in [-0.4, -0.2) is 17.0 Å². The van der Waals surface area contributed by atoms with E-state index in [4.69, 9.17) is 10.00 Å². The van der Waals surface area contributed by atoms with E-state index in [2.05, 4.69) is 10.3 Å². The lowest BCUT2D eigenvalue weighted by molar-refractivity contribution is 0.159. The van der Waals surface area contributed by atoms with E-state index < -0.39 is 0 Å². The van der Waals surface area contributed by atoms with Crippen LogP contribution in [0.5, 0.6) is 5.75 Å². The maximum absolute atomic E-state index is 8.61. The van der Waals surface area contributed by atoms with Gasteiger partial charge in [0.05, 0.1) is 5.69 Å². The van der Waals surface area contributed by atoms with E-state index in [1.807, 2.05) is 56.6 Å². The number of nitrogens with zero attached hydrogens (tertiary/aromatic N) is 2. The predicted octanol–water partition coefficient (Wildman–Crippen LogP) is 3.29. The summed E-state index contributed by atoms with van der Waals surface area (Å²) in [4.78, 5) is 4.37. The molecular weight excluding hydrogens is 258 g/mol. The predicted molar refractivity (Wildman–Crippen MR) is 79.5 cm³/mol. The maximum Gasteiger partial charge on any atom is 0.183 e. The average Bonchev–Trinajstić information content (AvgIpc) is 2.37. The second kappa shape index (κ2) is 5.37. The van der Waals surface area contributed by atoms with Crippen molar-refractivity contribution < 1.29 is 4.74 Å². The fraction of sp³-hybridized carbons (Fsp3) is 0.286. The molecule has 1 aliphatic rings. The lowest BCUT2D eigenvalue weighted by atomic mass is 10.0. The minimum atomic E-state index is -0.273. The van der Waals surface area contributed by atoms with Crippen LogP contribution in [0.2, 0.25) is 0 Å². The lowest BCUT2D eigenvalue weighted by Crippen LogP contribution is -2.27. The van der Waals surface area contributed by atoms with E-state index in [1.165, 1.54) is 11.8 Å². The molecule has 0 atom stereocenters. The Kier molecular flexibility index (Phi) is 3.82. The van der Waals surface area contributed by atoms with Crippen LogP contribution in [0.15, 0.2) is 29.3 Å². The quantitative estimate of drug-likeness (QED) is 0.369. The van der Waals surface area contributed by atoms with Gasteiger partial charge in [-0.15, -0.1) is 0 Å². The Balaban J connectivity index is 2.31. The number of hydrogen-bond donors (Lipinski definition) is 1. The van der Waals surface area contributed by atoms with Crippen molar-refractivity contribution in [2.75, 3.05) is 6.26 Å². The number of benzene rings is 1. The van der Waals surface area contributed by atoms with Gasteiger partial charge in [0.25, 0.3) is 0 Å². The van der Waals surface area contributed by atoms with Gasteiger partial charge in [0.15, 0.2) is 11.4 Å². The van der Waals surface area contributed by atoms with Crippen molar-refractivity contribution in [2.45, 2.75) is 19.4 Å². The van der Waals surface area contributed by atoms with E-state index in [0.29, 0.717) is 5.17 Å². The number of fused-ring (bicyclic) bond motifs is 1. The first-order chi connectivity index (χ1) is 9.04. The maximum atomic E-state index is 8.61. The molecule has 0 aromatic heterocycles. The second-order valence-electron chi connectivity index (χ2n) is 4.62. The standard InChI is InChI=1S/C14H15N3OS/c1-14(2)7-6-10-8-11(4-5-12(10)18-14)17-13(19-3)16-9-15/h4-8H,1-3H3,(H,16,17). The highest BCUT2D eigenvalue weighted by Gasteiger charge is 2.21. The molecule has 1 aromatic rings. The van der Waals surface area contributed by atoms with Gasteiger partial charge < -0.3 is 4.74 Å². The van der Waals surface area contributed by atoms with Crippen molar-refractivity contribution in [3.8, 4) is 11.9 Å². The molecule has 4 nitrogen and oxygen atoms in total. The molecule has 0 bridgehead atoms. The zero-order valence-electron chi connectivity index (χ0n) is 11.1. The lowest BCUT2D eigenvalue weighted by Gasteiger charge is -2.27. The topological polar surface area (TPSA) is 57.4 Å². The summed E-state index contributed by atoms with van der Waals surface area (Å²) in [6.07, 6.45) is 7.80. The summed E-state index contributed by atoms with van der Waals surface area (Å²) in [7, 11) is 0. The Bertz CT molecular complexity index is 585. The monoisotopic (exact) mass is 273 g/mol. The Morgan fingerprint density at radius 3 is 2.95 bits per heavy atom. The number of rotatable bonds is 1. The van der Waals surface area contributed by atoms with Gasteiger partial charge in [-0.1, -0.05) is 17.8 Å². The number of amidine groups is 1. The van der Waals surface area contributed by atoms with Gasteiger partial charge in [-0.3, -0.25) is 5.32 Å². The Morgan fingerprint density at radius 2 is 2.26 bits per heavy atom. The largest absolute Gasteiger partial charge is 0.483 e. The van der Waals surface area contributed by atoms with Crippen LogP contribution in [0.4, 0.5) is 5.69 Å². The highest BCUT2D eigenvalue weighted by molar-refractivity contribution is 8.13. The average molecular weight is 273 g/mol. The molecule has 1 N–H and O–H groups in total. The second-order valence-corrected chi connectivity index (χ2v) is 5.41. The van der Waals surface area contributed by atoms with Crippen LogP contribution >= 0.6 is 11.8 Å². The minimum Gasteiger partial charge on any atom is -0.483 e. The SMILES string of the molecule is CSC(=Nc1ccc2c(c1)C=CC(C)(C)O2)NC#N. The van der Waals surface area contributed by atoms with Crippen LogP contribution in [0.3, 0.4) is 0 Å². The summed E-state index contributed by atoms with van der Waals surface area (Å²) in [6.45, 7) is 4.03. The zero-order chi connectivity index (χ0) is 13.9. The molecule has 0 fully saturated rings. The third kappa shape index (κ3) is 3.30. The van der Waals surface area contributed by atoms with Crippen molar-refractivity contribution in [3.63, 3.8) is 0 Å². The molecule has 0 unspecified atom stereocenters. The van der Waals surface area contributed by atoms with Gasteiger partial charge in [-0.25, -0.2) is 4.99 Å². The Morgan fingerprint density at radius 1 is 1.47 bits per heavy atom. The molecule has 0 saturated carbocycles. The van der Waals surface area contributed by atoms with Crippen LogP contribution in [0, 0.1) is 11.5 Å². The molecule has 2 rings (SSSR count). The van der Waals surface area contributed by atoms with Gasteiger partial charge in [-0.2, -0.15) is 5.26 Å². The van der Waals surface area contributed by atoms with Crippen molar-refractivity contribution in [1.29, 1.82) is 5.26 Å². The molecule has 0 aliphatic carbocycles.